The molecular formula is C12H15FN4. The summed E-state index contributed by atoms with van der Waals surface area (Å²) in [5.74, 6) is -0.329. The van der Waals surface area contributed by atoms with Crippen molar-refractivity contribution >= 4 is 0 Å². The average molecular weight is 234 g/mol. The maximum atomic E-state index is 12.8. The molecule has 2 heterocycles. The van der Waals surface area contributed by atoms with Crippen LogP contribution in [-0.2, 0) is 7.05 Å². The van der Waals surface area contributed by atoms with E-state index in [4.69, 9.17) is 0 Å². The predicted molar refractivity (Wildman–Crippen MR) is 62.9 cm³/mol. The Hall–Kier alpha value is -1.75. The van der Waals surface area contributed by atoms with Gasteiger partial charge in [-0.05, 0) is 24.7 Å². The summed E-state index contributed by atoms with van der Waals surface area (Å²) in [6.07, 6.45) is 3.10. The van der Waals surface area contributed by atoms with Crippen LogP contribution in [0.1, 0.15) is 24.4 Å². The van der Waals surface area contributed by atoms with E-state index in [1.54, 1.807) is 10.7 Å². The van der Waals surface area contributed by atoms with Crippen molar-refractivity contribution in [2.45, 2.75) is 13.0 Å². The molecule has 0 saturated carbocycles. The third-order valence-electron chi connectivity index (χ3n) is 2.48. The Morgan fingerprint density at radius 2 is 2.18 bits per heavy atom. The number of pyridine rings is 1. The van der Waals surface area contributed by atoms with Crippen molar-refractivity contribution in [1.82, 2.24) is 20.1 Å². The highest BCUT2D eigenvalue weighted by Gasteiger charge is 2.16. The number of nitrogens with zero attached hydrogens (tertiary/aromatic N) is 3. The van der Waals surface area contributed by atoms with Gasteiger partial charge in [0.15, 0.2) is 0 Å². The number of halogens is 1. The molecular weight excluding hydrogens is 219 g/mol. The lowest BCUT2D eigenvalue weighted by Crippen LogP contribution is -2.23. The molecule has 4 nitrogen and oxygen atoms in total. The number of rotatable bonds is 4. The topological polar surface area (TPSA) is 42.7 Å². The van der Waals surface area contributed by atoms with Crippen LogP contribution >= 0.6 is 0 Å². The smallest absolute Gasteiger partial charge is 0.141 e. The van der Waals surface area contributed by atoms with Crippen molar-refractivity contribution in [1.29, 1.82) is 0 Å². The van der Waals surface area contributed by atoms with E-state index in [9.17, 15) is 4.39 Å². The third-order valence-corrected chi connectivity index (χ3v) is 2.48. The Labute approximate surface area is 99.5 Å². The average Bonchev–Trinajstić information content (AvgIpc) is 2.74. The first kappa shape index (κ1) is 11.7. The molecule has 0 aliphatic carbocycles. The van der Waals surface area contributed by atoms with E-state index in [-0.39, 0.29) is 11.9 Å². The summed E-state index contributed by atoms with van der Waals surface area (Å²) < 4.78 is 14.6. The maximum Gasteiger partial charge on any atom is 0.141 e. The molecule has 1 unspecified atom stereocenters. The maximum absolute atomic E-state index is 12.8. The van der Waals surface area contributed by atoms with Gasteiger partial charge in [-0.25, -0.2) is 4.39 Å². The van der Waals surface area contributed by atoms with Crippen molar-refractivity contribution in [3.05, 3.63) is 47.8 Å². The van der Waals surface area contributed by atoms with Gasteiger partial charge in [-0.3, -0.25) is 9.67 Å². The number of aromatic nitrogens is 3. The normalized spacial score (nSPS) is 12.6. The van der Waals surface area contributed by atoms with Crippen LogP contribution in [0.2, 0.25) is 0 Å². The first-order chi connectivity index (χ1) is 8.20. The molecule has 0 spiro atoms. The standard InChI is InChI=1S/C12H15FN4/c1-3-14-12(11-6-7-17(2)16-11)10-5-4-9(13)8-15-10/h4-8,12,14H,3H2,1-2H3. The summed E-state index contributed by atoms with van der Waals surface area (Å²) >= 11 is 0. The lowest BCUT2D eigenvalue weighted by atomic mass is 10.1. The van der Waals surface area contributed by atoms with Crippen LogP contribution in [0.15, 0.2) is 30.6 Å². The van der Waals surface area contributed by atoms with Gasteiger partial charge in [-0.2, -0.15) is 5.10 Å². The molecule has 17 heavy (non-hydrogen) atoms. The molecule has 0 aliphatic rings. The molecule has 1 N–H and O–H groups in total. The SMILES string of the molecule is CCNC(c1ccc(F)cn1)c1ccn(C)n1. The molecule has 0 amide bonds. The second kappa shape index (κ2) is 5.05. The van der Waals surface area contributed by atoms with E-state index in [0.717, 1.165) is 17.9 Å². The fraction of sp³-hybridized carbons (Fsp3) is 0.333. The zero-order valence-electron chi connectivity index (χ0n) is 9.89. The second-order valence-electron chi connectivity index (χ2n) is 3.81. The van der Waals surface area contributed by atoms with Crippen LogP contribution in [0.25, 0.3) is 0 Å². The van der Waals surface area contributed by atoms with E-state index in [0.29, 0.717) is 0 Å². The lowest BCUT2D eigenvalue weighted by molar-refractivity contribution is 0.576. The molecule has 5 heteroatoms. The Morgan fingerprint density at radius 1 is 1.35 bits per heavy atom. The summed E-state index contributed by atoms with van der Waals surface area (Å²) in [5, 5.41) is 7.64. The van der Waals surface area contributed by atoms with Crippen molar-refractivity contribution < 1.29 is 4.39 Å². The van der Waals surface area contributed by atoms with Crippen molar-refractivity contribution in [3.8, 4) is 0 Å². The summed E-state index contributed by atoms with van der Waals surface area (Å²) in [5.41, 5.74) is 1.65. The van der Waals surface area contributed by atoms with Crippen LogP contribution in [0.4, 0.5) is 4.39 Å². The minimum atomic E-state index is -0.329. The molecule has 2 rings (SSSR count). The Kier molecular flexibility index (Phi) is 3.49. The molecule has 0 aromatic carbocycles. The predicted octanol–water partition coefficient (Wildman–Crippen LogP) is 1.65. The minimum absolute atomic E-state index is 0.0956. The molecule has 0 saturated heterocycles. The van der Waals surface area contributed by atoms with E-state index in [1.165, 1.54) is 12.3 Å². The molecule has 2 aromatic heterocycles. The van der Waals surface area contributed by atoms with Gasteiger partial charge in [0, 0.05) is 13.2 Å². The molecule has 90 valence electrons. The van der Waals surface area contributed by atoms with E-state index in [1.807, 2.05) is 26.2 Å². The highest BCUT2D eigenvalue weighted by molar-refractivity contribution is 5.21. The van der Waals surface area contributed by atoms with Crippen LogP contribution < -0.4 is 5.32 Å². The fourth-order valence-corrected chi connectivity index (χ4v) is 1.71. The van der Waals surface area contributed by atoms with E-state index in [2.05, 4.69) is 15.4 Å². The van der Waals surface area contributed by atoms with E-state index < -0.39 is 0 Å². The minimum Gasteiger partial charge on any atom is -0.304 e. The Bertz CT molecular complexity index is 478. The van der Waals surface area contributed by atoms with Gasteiger partial charge in [-0.15, -0.1) is 0 Å². The zero-order valence-corrected chi connectivity index (χ0v) is 9.89. The monoisotopic (exact) mass is 234 g/mol. The van der Waals surface area contributed by atoms with Crippen LogP contribution in [0.3, 0.4) is 0 Å². The molecule has 0 radical (unpaired) electrons. The fourth-order valence-electron chi connectivity index (χ4n) is 1.71. The molecule has 0 fully saturated rings. The molecule has 0 bridgehead atoms. The zero-order chi connectivity index (χ0) is 12.3. The first-order valence-corrected chi connectivity index (χ1v) is 5.55. The largest absolute Gasteiger partial charge is 0.304 e. The van der Waals surface area contributed by atoms with Gasteiger partial charge in [0.05, 0.1) is 23.6 Å². The van der Waals surface area contributed by atoms with Gasteiger partial charge < -0.3 is 5.32 Å². The van der Waals surface area contributed by atoms with Gasteiger partial charge >= 0.3 is 0 Å². The highest BCUT2D eigenvalue weighted by Crippen LogP contribution is 2.18. The third kappa shape index (κ3) is 2.68. The van der Waals surface area contributed by atoms with Crippen molar-refractivity contribution in [2.75, 3.05) is 6.54 Å². The second-order valence-corrected chi connectivity index (χ2v) is 3.81. The molecule has 1 atom stereocenters. The van der Waals surface area contributed by atoms with Crippen LogP contribution in [-0.4, -0.2) is 21.3 Å². The first-order valence-electron chi connectivity index (χ1n) is 5.55. The quantitative estimate of drug-likeness (QED) is 0.874. The van der Waals surface area contributed by atoms with Crippen LogP contribution in [0, 0.1) is 5.82 Å². The Morgan fingerprint density at radius 3 is 2.71 bits per heavy atom. The summed E-state index contributed by atoms with van der Waals surface area (Å²) in [7, 11) is 1.87. The summed E-state index contributed by atoms with van der Waals surface area (Å²) in [6.45, 7) is 2.81. The number of hydrogen-bond donors (Lipinski definition) is 1. The molecule has 2 aromatic rings. The van der Waals surface area contributed by atoms with Gasteiger partial charge in [0.1, 0.15) is 5.82 Å². The summed E-state index contributed by atoms with van der Waals surface area (Å²) in [4.78, 5) is 4.10. The molecule has 0 aliphatic heterocycles. The lowest BCUT2D eigenvalue weighted by Gasteiger charge is -2.14. The Balaban J connectivity index is 2.31. The number of hydrogen-bond acceptors (Lipinski definition) is 3. The number of aryl methyl sites for hydroxylation is 1. The van der Waals surface area contributed by atoms with E-state index >= 15 is 0 Å². The van der Waals surface area contributed by atoms with Crippen molar-refractivity contribution in [2.24, 2.45) is 7.05 Å². The van der Waals surface area contributed by atoms with Crippen molar-refractivity contribution in [3.63, 3.8) is 0 Å². The number of nitrogens with one attached hydrogen (secondary N) is 1. The summed E-state index contributed by atoms with van der Waals surface area (Å²) in [6, 6.07) is 4.92. The highest BCUT2D eigenvalue weighted by atomic mass is 19.1. The van der Waals surface area contributed by atoms with Crippen LogP contribution in [0.5, 0.6) is 0 Å². The van der Waals surface area contributed by atoms with Gasteiger partial charge in [0.2, 0.25) is 0 Å². The van der Waals surface area contributed by atoms with Gasteiger partial charge in [-0.1, -0.05) is 6.92 Å². The van der Waals surface area contributed by atoms with Gasteiger partial charge in [0.25, 0.3) is 0 Å².